The van der Waals surface area contributed by atoms with Crippen LogP contribution in [0.1, 0.15) is 40.5 Å². The molecule has 1 N–H and O–H groups in total. The summed E-state index contributed by atoms with van der Waals surface area (Å²) in [5.41, 5.74) is -0.418. The second-order valence-corrected chi connectivity index (χ2v) is 7.13. The lowest BCUT2D eigenvalue weighted by Gasteiger charge is -2.27. The zero-order chi connectivity index (χ0) is 14.3. The molecule has 5 heteroatoms. The van der Waals surface area contributed by atoms with E-state index in [9.17, 15) is 4.79 Å². The lowest BCUT2D eigenvalue weighted by molar-refractivity contribution is 0.0251. The predicted molar refractivity (Wildman–Crippen MR) is 81.8 cm³/mol. The van der Waals surface area contributed by atoms with Crippen LogP contribution in [0.5, 0.6) is 0 Å². The Kier molecular flexibility index (Phi) is 7.00. The van der Waals surface area contributed by atoms with Gasteiger partial charge in [-0.2, -0.15) is 11.8 Å². The van der Waals surface area contributed by atoms with Crippen molar-refractivity contribution in [3.8, 4) is 0 Å². The summed E-state index contributed by atoms with van der Waals surface area (Å²) in [7, 11) is 0. The van der Waals surface area contributed by atoms with E-state index in [1.807, 2.05) is 32.5 Å². The fourth-order valence-electron chi connectivity index (χ4n) is 1.99. The highest BCUT2D eigenvalue weighted by molar-refractivity contribution is 7.99. The van der Waals surface area contributed by atoms with Crippen molar-refractivity contribution in [3.05, 3.63) is 0 Å². The van der Waals surface area contributed by atoms with Gasteiger partial charge < -0.3 is 15.0 Å². The maximum absolute atomic E-state index is 12.0. The van der Waals surface area contributed by atoms with E-state index in [-0.39, 0.29) is 6.09 Å². The number of carbonyl (C=O) groups is 1. The van der Waals surface area contributed by atoms with Crippen LogP contribution in [0, 0.1) is 0 Å². The molecule has 0 aromatic heterocycles. The molecule has 1 amide bonds. The lowest BCUT2D eigenvalue weighted by Crippen LogP contribution is -2.42. The number of rotatable bonds is 6. The molecule has 0 aromatic carbocycles. The second-order valence-electron chi connectivity index (χ2n) is 5.98. The van der Waals surface area contributed by atoms with Crippen molar-refractivity contribution in [3.63, 3.8) is 0 Å². The maximum Gasteiger partial charge on any atom is 0.410 e. The summed E-state index contributed by atoms with van der Waals surface area (Å²) < 4.78 is 5.43. The standard InChI is InChI=1S/C14H28N2O2S/c1-5-8-16(13(17)18-14(2,3)4)9-7-15-12-6-10-19-11-12/h12,15H,5-11H2,1-4H3. The zero-order valence-electron chi connectivity index (χ0n) is 12.7. The van der Waals surface area contributed by atoms with Crippen LogP contribution in [0.25, 0.3) is 0 Å². The van der Waals surface area contributed by atoms with Crippen LogP contribution in [0.2, 0.25) is 0 Å². The second kappa shape index (κ2) is 8.00. The third kappa shape index (κ3) is 7.06. The molecule has 1 atom stereocenters. The van der Waals surface area contributed by atoms with Gasteiger partial charge in [0.15, 0.2) is 0 Å². The summed E-state index contributed by atoms with van der Waals surface area (Å²) in [6.07, 6.45) is 2.00. The highest BCUT2D eigenvalue weighted by Gasteiger charge is 2.22. The van der Waals surface area contributed by atoms with Crippen molar-refractivity contribution in [1.29, 1.82) is 0 Å². The third-order valence-corrected chi connectivity index (χ3v) is 4.05. The number of carbonyl (C=O) groups excluding carboxylic acids is 1. The van der Waals surface area contributed by atoms with E-state index < -0.39 is 5.60 Å². The summed E-state index contributed by atoms with van der Waals surface area (Å²) in [6.45, 7) is 10.1. The van der Waals surface area contributed by atoms with E-state index in [2.05, 4.69) is 12.2 Å². The molecule has 0 spiro atoms. The van der Waals surface area contributed by atoms with Crippen LogP contribution in [-0.4, -0.2) is 53.8 Å². The molecule has 1 saturated heterocycles. The first-order valence-electron chi connectivity index (χ1n) is 7.21. The highest BCUT2D eigenvalue weighted by Crippen LogP contribution is 2.16. The number of nitrogens with zero attached hydrogens (tertiary/aromatic N) is 1. The Balaban J connectivity index is 2.32. The van der Waals surface area contributed by atoms with Crippen LogP contribution in [0.3, 0.4) is 0 Å². The molecule has 0 aliphatic carbocycles. The van der Waals surface area contributed by atoms with Crippen LogP contribution in [-0.2, 0) is 4.74 Å². The van der Waals surface area contributed by atoms with Gasteiger partial charge in [0.2, 0.25) is 0 Å². The molecular formula is C14H28N2O2S. The Bertz CT molecular complexity index is 273. The summed E-state index contributed by atoms with van der Waals surface area (Å²) in [4.78, 5) is 13.9. The average Bonchev–Trinajstić information content (AvgIpc) is 2.78. The number of amides is 1. The van der Waals surface area contributed by atoms with Gasteiger partial charge in [0.25, 0.3) is 0 Å². The minimum atomic E-state index is -0.418. The van der Waals surface area contributed by atoms with E-state index >= 15 is 0 Å². The Morgan fingerprint density at radius 3 is 2.68 bits per heavy atom. The number of nitrogens with one attached hydrogen (secondary N) is 1. The number of ether oxygens (including phenoxy) is 1. The molecule has 0 radical (unpaired) electrons. The van der Waals surface area contributed by atoms with Gasteiger partial charge in [-0.05, 0) is 39.4 Å². The first kappa shape index (κ1) is 16.6. The number of thioether (sulfide) groups is 1. The summed E-state index contributed by atoms with van der Waals surface area (Å²) >= 11 is 2.00. The fraction of sp³-hybridized carbons (Fsp3) is 0.929. The van der Waals surface area contributed by atoms with Crippen molar-refractivity contribution in [1.82, 2.24) is 10.2 Å². The molecule has 112 valence electrons. The molecule has 1 aliphatic rings. The molecule has 4 nitrogen and oxygen atoms in total. The van der Waals surface area contributed by atoms with Crippen LogP contribution < -0.4 is 5.32 Å². The van der Waals surface area contributed by atoms with Gasteiger partial charge in [-0.3, -0.25) is 0 Å². The summed E-state index contributed by atoms with van der Waals surface area (Å²) in [6, 6.07) is 0.618. The molecule has 0 bridgehead atoms. The van der Waals surface area contributed by atoms with E-state index in [0.717, 1.165) is 26.1 Å². The van der Waals surface area contributed by atoms with Crippen LogP contribution in [0.4, 0.5) is 4.79 Å². The average molecular weight is 288 g/mol. The first-order valence-corrected chi connectivity index (χ1v) is 8.37. The highest BCUT2D eigenvalue weighted by atomic mass is 32.2. The molecule has 1 aliphatic heterocycles. The van der Waals surface area contributed by atoms with Crippen molar-refractivity contribution in [2.75, 3.05) is 31.1 Å². The molecule has 0 aromatic rings. The third-order valence-electron chi connectivity index (χ3n) is 2.89. The molecule has 19 heavy (non-hydrogen) atoms. The Morgan fingerprint density at radius 1 is 1.42 bits per heavy atom. The monoisotopic (exact) mass is 288 g/mol. The zero-order valence-corrected chi connectivity index (χ0v) is 13.5. The number of hydrogen-bond acceptors (Lipinski definition) is 4. The van der Waals surface area contributed by atoms with Gasteiger partial charge >= 0.3 is 6.09 Å². The van der Waals surface area contributed by atoms with E-state index in [4.69, 9.17) is 4.74 Å². The first-order chi connectivity index (χ1) is 8.92. The Labute approximate surface area is 121 Å². The lowest BCUT2D eigenvalue weighted by atomic mass is 10.2. The topological polar surface area (TPSA) is 41.6 Å². The predicted octanol–water partition coefficient (Wildman–Crippen LogP) is 2.73. The van der Waals surface area contributed by atoms with Crippen molar-refractivity contribution in [2.24, 2.45) is 0 Å². The van der Waals surface area contributed by atoms with Crippen LogP contribution in [0.15, 0.2) is 0 Å². The molecule has 0 saturated carbocycles. The summed E-state index contributed by atoms with van der Waals surface area (Å²) in [5.74, 6) is 2.45. The Hall–Kier alpha value is -0.420. The van der Waals surface area contributed by atoms with Crippen molar-refractivity contribution >= 4 is 17.9 Å². The van der Waals surface area contributed by atoms with Gasteiger partial charge in [0.1, 0.15) is 5.60 Å². The Morgan fingerprint density at radius 2 is 2.16 bits per heavy atom. The SMILES string of the molecule is CCCN(CCNC1CCSC1)C(=O)OC(C)(C)C. The van der Waals surface area contributed by atoms with E-state index in [0.29, 0.717) is 6.04 Å². The fourth-order valence-corrected chi connectivity index (χ4v) is 3.18. The molecule has 1 heterocycles. The summed E-state index contributed by atoms with van der Waals surface area (Å²) in [5, 5.41) is 3.52. The van der Waals surface area contributed by atoms with Crippen LogP contribution >= 0.6 is 11.8 Å². The van der Waals surface area contributed by atoms with Crippen molar-refractivity contribution < 1.29 is 9.53 Å². The molecular weight excluding hydrogens is 260 g/mol. The van der Waals surface area contributed by atoms with E-state index in [1.165, 1.54) is 17.9 Å². The van der Waals surface area contributed by atoms with Gasteiger partial charge in [-0.1, -0.05) is 6.92 Å². The van der Waals surface area contributed by atoms with Gasteiger partial charge in [0, 0.05) is 31.4 Å². The minimum absolute atomic E-state index is 0.197. The maximum atomic E-state index is 12.0. The smallest absolute Gasteiger partial charge is 0.410 e. The van der Waals surface area contributed by atoms with Crippen molar-refractivity contribution in [2.45, 2.75) is 52.2 Å². The molecule has 1 rings (SSSR count). The quantitative estimate of drug-likeness (QED) is 0.816. The van der Waals surface area contributed by atoms with Gasteiger partial charge in [-0.25, -0.2) is 4.79 Å². The molecule has 1 unspecified atom stereocenters. The molecule has 1 fully saturated rings. The number of hydrogen-bond donors (Lipinski definition) is 1. The minimum Gasteiger partial charge on any atom is -0.444 e. The van der Waals surface area contributed by atoms with Gasteiger partial charge in [-0.15, -0.1) is 0 Å². The van der Waals surface area contributed by atoms with Gasteiger partial charge in [0.05, 0.1) is 0 Å². The largest absolute Gasteiger partial charge is 0.444 e. The normalized spacial score (nSPS) is 19.5. The van der Waals surface area contributed by atoms with E-state index in [1.54, 1.807) is 4.90 Å².